The van der Waals surface area contributed by atoms with Gasteiger partial charge in [0.1, 0.15) is 0 Å². The lowest BCUT2D eigenvalue weighted by Gasteiger charge is -2.17. The molecular formula is C11H14N4. The van der Waals surface area contributed by atoms with Crippen molar-refractivity contribution < 1.29 is 0 Å². The van der Waals surface area contributed by atoms with Crippen LogP contribution in [-0.2, 0) is 6.54 Å². The standard InChI is InChI=1S/C11H14N4/c1-4-13-15(6-1)11(10-2-3-10)8-14-7-5-12-9-14/h1,4-7,9-11H,2-3,8H2. The quantitative estimate of drug-likeness (QED) is 0.757. The Kier molecular flexibility index (Phi) is 2.05. The summed E-state index contributed by atoms with van der Waals surface area (Å²) < 4.78 is 4.21. The Morgan fingerprint density at radius 1 is 1.27 bits per heavy atom. The normalized spacial score (nSPS) is 17.9. The third-order valence-corrected chi connectivity index (χ3v) is 2.99. The van der Waals surface area contributed by atoms with Crippen LogP contribution in [0.5, 0.6) is 0 Å². The molecule has 0 radical (unpaired) electrons. The SMILES string of the molecule is c1cnn(C(Cn2ccnc2)C2CC2)c1. The first-order chi connectivity index (χ1) is 7.43. The number of rotatable bonds is 4. The van der Waals surface area contributed by atoms with Gasteiger partial charge in [-0.05, 0) is 24.8 Å². The van der Waals surface area contributed by atoms with E-state index in [-0.39, 0.29) is 0 Å². The number of aromatic nitrogens is 4. The molecule has 0 saturated heterocycles. The van der Waals surface area contributed by atoms with E-state index in [0.29, 0.717) is 6.04 Å². The van der Waals surface area contributed by atoms with Crippen LogP contribution in [0.15, 0.2) is 37.2 Å². The monoisotopic (exact) mass is 202 g/mol. The van der Waals surface area contributed by atoms with Gasteiger partial charge in [-0.3, -0.25) is 4.68 Å². The molecule has 15 heavy (non-hydrogen) atoms. The highest BCUT2D eigenvalue weighted by Crippen LogP contribution is 2.40. The van der Waals surface area contributed by atoms with Crippen molar-refractivity contribution in [2.45, 2.75) is 25.4 Å². The average Bonchev–Trinajstić information content (AvgIpc) is 2.78. The highest BCUT2D eigenvalue weighted by molar-refractivity contribution is 4.90. The van der Waals surface area contributed by atoms with Gasteiger partial charge in [0.2, 0.25) is 0 Å². The van der Waals surface area contributed by atoms with Crippen molar-refractivity contribution in [3.05, 3.63) is 37.2 Å². The van der Waals surface area contributed by atoms with Crippen molar-refractivity contribution >= 4 is 0 Å². The molecule has 1 aliphatic carbocycles. The predicted octanol–water partition coefficient (Wildman–Crippen LogP) is 1.73. The topological polar surface area (TPSA) is 35.6 Å². The van der Waals surface area contributed by atoms with E-state index in [1.165, 1.54) is 12.8 Å². The Morgan fingerprint density at radius 2 is 2.20 bits per heavy atom. The summed E-state index contributed by atoms with van der Waals surface area (Å²) >= 11 is 0. The van der Waals surface area contributed by atoms with Gasteiger partial charge in [0.15, 0.2) is 0 Å². The minimum absolute atomic E-state index is 0.495. The molecule has 2 aromatic rings. The molecule has 0 aliphatic heterocycles. The number of hydrogen-bond acceptors (Lipinski definition) is 2. The van der Waals surface area contributed by atoms with Crippen LogP contribution in [0, 0.1) is 5.92 Å². The van der Waals surface area contributed by atoms with Gasteiger partial charge in [0.25, 0.3) is 0 Å². The molecule has 0 amide bonds. The lowest BCUT2D eigenvalue weighted by Crippen LogP contribution is -2.17. The number of imidazole rings is 1. The van der Waals surface area contributed by atoms with Crippen LogP contribution in [0.3, 0.4) is 0 Å². The lowest BCUT2D eigenvalue weighted by atomic mass is 10.2. The highest BCUT2D eigenvalue weighted by atomic mass is 15.3. The maximum Gasteiger partial charge on any atom is 0.0946 e. The van der Waals surface area contributed by atoms with Gasteiger partial charge >= 0.3 is 0 Å². The van der Waals surface area contributed by atoms with Crippen LogP contribution in [0.2, 0.25) is 0 Å². The van der Waals surface area contributed by atoms with E-state index >= 15 is 0 Å². The van der Waals surface area contributed by atoms with Crippen LogP contribution < -0.4 is 0 Å². The van der Waals surface area contributed by atoms with Crippen LogP contribution in [0.25, 0.3) is 0 Å². The Balaban J connectivity index is 1.80. The molecule has 1 atom stereocenters. The molecule has 1 unspecified atom stereocenters. The predicted molar refractivity (Wildman–Crippen MR) is 56.2 cm³/mol. The fraction of sp³-hybridized carbons (Fsp3) is 0.455. The number of nitrogens with zero attached hydrogens (tertiary/aromatic N) is 4. The van der Waals surface area contributed by atoms with E-state index in [4.69, 9.17) is 0 Å². The van der Waals surface area contributed by atoms with Crippen molar-refractivity contribution in [1.82, 2.24) is 19.3 Å². The molecule has 1 fully saturated rings. The molecule has 0 N–H and O–H groups in total. The van der Waals surface area contributed by atoms with Crippen molar-refractivity contribution in [2.24, 2.45) is 5.92 Å². The second kappa shape index (κ2) is 3.53. The molecule has 0 spiro atoms. The van der Waals surface area contributed by atoms with Crippen molar-refractivity contribution in [3.63, 3.8) is 0 Å². The fourth-order valence-electron chi connectivity index (χ4n) is 2.02. The molecule has 4 nitrogen and oxygen atoms in total. The molecule has 2 heterocycles. The van der Waals surface area contributed by atoms with Crippen LogP contribution >= 0.6 is 0 Å². The summed E-state index contributed by atoms with van der Waals surface area (Å²) in [6.45, 7) is 0.979. The molecule has 4 heteroatoms. The minimum Gasteiger partial charge on any atom is -0.335 e. The minimum atomic E-state index is 0.495. The van der Waals surface area contributed by atoms with Gasteiger partial charge in [-0.25, -0.2) is 4.98 Å². The summed E-state index contributed by atoms with van der Waals surface area (Å²) in [5, 5.41) is 4.34. The lowest BCUT2D eigenvalue weighted by molar-refractivity contribution is 0.354. The summed E-state index contributed by atoms with van der Waals surface area (Å²) in [6, 6.07) is 2.48. The maximum atomic E-state index is 4.34. The maximum absolute atomic E-state index is 4.34. The molecule has 78 valence electrons. The summed E-state index contributed by atoms with van der Waals surface area (Å²) in [5.41, 5.74) is 0. The van der Waals surface area contributed by atoms with E-state index in [2.05, 4.69) is 25.5 Å². The van der Waals surface area contributed by atoms with Gasteiger partial charge in [-0.1, -0.05) is 0 Å². The van der Waals surface area contributed by atoms with Crippen molar-refractivity contribution in [2.75, 3.05) is 0 Å². The second-order valence-electron chi connectivity index (χ2n) is 4.15. The zero-order chi connectivity index (χ0) is 10.1. The first-order valence-corrected chi connectivity index (χ1v) is 5.38. The smallest absolute Gasteiger partial charge is 0.0946 e. The molecule has 3 rings (SSSR count). The van der Waals surface area contributed by atoms with Gasteiger partial charge < -0.3 is 4.57 Å². The van der Waals surface area contributed by atoms with Gasteiger partial charge in [-0.2, -0.15) is 5.10 Å². The van der Waals surface area contributed by atoms with Crippen LogP contribution in [-0.4, -0.2) is 19.3 Å². The van der Waals surface area contributed by atoms with E-state index in [1.807, 2.05) is 31.0 Å². The Morgan fingerprint density at radius 3 is 2.80 bits per heavy atom. The van der Waals surface area contributed by atoms with Gasteiger partial charge in [0.05, 0.1) is 12.4 Å². The van der Waals surface area contributed by atoms with Crippen LogP contribution in [0.4, 0.5) is 0 Å². The fourth-order valence-corrected chi connectivity index (χ4v) is 2.02. The Labute approximate surface area is 88.6 Å². The Bertz CT molecular complexity index is 400. The van der Waals surface area contributed by atoms with E-state index in [1.54, 1.807) is 0 Å². The van der Waals surface area contributed by atoms with E-state index in [9.17, 15) is 0 Å². The largest absolute Gasteiger partial charge is 0.335 e. The molecule has 2 aromatic heterocycles. The molecule has 1 saturated carbocycles. The molecule has 0 aromatic carbocycles. The summed E-state index contributed by atoms with van der Waals surface area (Å²) in [7, 11) is 0. The third kappa shape index (κ3) is 1.79. The van der Waals surface area contributed by atoms with Crippen molar-refractivity contribution in [3.8, 4) is 0 Å². The summed E-state index contributed by atoms with van der Waals surface area (Å²) in [4.78, 5) is 4.07. The third-order valence-electron chi connectivity index (χ3n) is 2.99. The zero-order valence-electron chi connectivity index (χ0n) is 8.53. The Hall–Kier alpha value is -1.58. The second-order valence-corrected chi connectivity index (χ2v) is 4.15. The first kappa shape index (κ1) is 8.71. The van der Waals surface area contributed by atoms with E-state index in [0.717, 1.165) is 12.5 Å². The average molecular weight is 202 g/mol. The summed E-state index contributed by atoms with van der Waals surface area (Å²) in [5.74, 6) is 0.798. The van der Waals surface area contributed by atoms with Crippen molar-refractivity contribution in [1.29, 1.82) is 0 Å². The zero-order valence-corrected chi connectivity index (χ0v) is 8.53. The van der Waals surface area contributed by atoms with E-state index < -0.39 is 0 Å². The molecule has 0 bridgehead atoms. The molecular weight excluding hydrogens is 188 g/mol. The van der Waals surface area contributed by atoms with Gasteiger partial charge in [-0.15, -0.1) is 0 Å². The van der Waals surface area contributed by atoms with Gasteiger partial charge in [0, 0.05) is 31.3 Å². The number of hydrogen-bond donors (Lipinski definition) is 0. The first-order valence-electron chi connectivity index (χ1n) is 5.38. The summed E-state index contributed by atoms with van der Waals surface area (Å²) in [6.07, 6.45) is 12.3. The highest BCUT2D eigenvalue weighted by Gasteiger charge is 2.32. The van der Waals surface area contributed by atoms with Crippen LogP contribution in [0.1, 0.15) is 18.9 Å². The molecule has 1 aliphatic rings.